The summed E-state index contributed by atoms with van der Waals surface area (Å²) in [5.74, 6) is 0. The molecule has 86 valence electrons. The normalized spacial score (nSPS) is 15.1. The largest absolute Gasteiger partial charge is 0.395 e. The van der Waals surface area contributed by atoms with Crippen molar-refractivity contribution in [2.75, 3.05) is 13.7 Å². The van der Waals surface area contributed by atoms with Gasteiger partial charge in [-0.3, -0.25) is 0 Å². The molecule has 0 bridgehead atoms. The Bertz CT molecular complexity index is 247. The highest BCUT2D eigenvalue weighted by Gasteiger charge is 2.22. The summed E-state index contributed by atoms with van der Waals surface area (Å²) in [6.45, 7) is 5.22. The average Bonchev–Trinajstić information content (AvgIpc) is 2.12. The molecule has 0 aromatic heterocycles. The summed E-state index contributed by atoms with van der Waals surface area (Å²) in [6.07, 6.45) is 0.571. The molecule has 0 saturated carbocycles. The summed E-state index contributed by atoms with van der Waals surface area (Å²) in [5.41, 5.74) is 0. The summed E-state index contributed by atoms with van der Waals surface area (Å²) in [5, 5.41) is 8.86. The second-order valence-corrected chi connectivity index (χ2v) is 5.28. The van der Waals surface area contributed by atoms with E-state index in [2.05, 4.69) is 4.72 Å². The number of aliphatic hydroxyl groups excluding tert-OH is 1. The molecular weight excluding hydrogens is 204 g/mol. The van der Waals surface area contributed by atoms with Gasteiger partial charge in [-0.25, -0.2) is 0 Å². The SMILES string of the molecule is CCC(CO)NS(=O)(=O)N(C)C(C)C. The van der Waals surface area contributed by atoms with E-state index in [1.165, 1.54) is 11.4 Å². The molecule has 0 rings (SSSR count). The van der Waals surface area contributed by atoms with Crippen LogP contribution in [0.5, 0.6) is 0 Å². The predicted octanol–water partition coefficient (Wildman–Crippen LogP) is -0.0681. The van der Waals surface area contributed by atoms with Crippen molar-refractivity contribution in [2.24, 2.45) is 0 Å². The van der Waals surface area contributed by atoms with Gasteiger partial charge in [0.1, 0.15) is 0 Å². The van der Waals surface area contributed by atoms with Gasteiger partial charge < -0.3 is 5.11 Å². The fraction of sp³-hybridized carbons (Fsp3) is 1.00. The monoisotopic (exact) mass is 224 g/mol. The van der Waals surface area contributed by atoms with Crippen LogP contribution in [-0.4, -0.2) is 43.6 Å². The third-order valence-corrected chi connectivity index (χ3v) is 3.95. The maximum absolute atomic E-state index is 11.6. The zero-order chi connectivity index (χ0) is 11.4. The lowest BCUT2D eigenvalue weighted by Gasteiger charge is -2.24. The lowest BCUT2D eigenvalue weighted by atomic mass is 10.3. The molecule has 0 amide bonds. The summed E-state index contributed by atoms with van der Waals surface area (Å²) >= 11 is 0. The van der Waals surface area contributed by atoms with Gasteiger partial charge >= 0.3 is 0 Å². The first-order chi connectivity index (χ1) is 6.35. The van der Waals surface area contributed by atoms with E-state index in [4.69, 9.17) is 5.11 Å². The number of hydrogen-bond acceptors (Lipinski definition) is 3. The zero-order valence-corrected chi connectivity index (χ0v) is 10.0. The van der Waals surface area contributed by atoms with Gasteiger partial charge in [-0.15, -0.1) is 0 Å². The smallest absolute Gasteiger partial charge is 0.279 e. The molecule has 0 heterocycles. The maximum Gasteiger partial charge on any atom is 0.279 e. The van der Waals surface area contributed by atoms with E-state index in [1.54, 1.807) is 13.8 Å². The molecule has 0 fully saturated rings. The molecular formula is C8H20N2O3S. The van der Waals surface area contributed by atoms with E-state index in [0.717, 1.165) is 0 Å². The Kier molecular flexibility index (Phi) is 5.58. The van der Waals surface area contributed by atoms with Crippen molar-refractivity contribution in [1.82, 2.24) is 9.03 Å². The number of nitrogens with zero attached hydrogens (tertiary/aromatic N) is 1. The second kappa shape index (κ2) is 5.65. The van der Waals surface area contributed by atoms with Crippen molar-refractivity contribution in [3.05, 3.63) is 0 Å². The van der Waals surface area contributed by atoms with Gasteiger partial charge in [-0.1, -0.05) is 6.92 Å². The molecule has 0 saturated heterocycles. The minimum atomic E-state index is -3.46. The van der Waals surface area contributed by atoms with Crippen LogP contribution in [0.1, 0.15) is 27.2 Å². The number of aliphatic hydroxyl groups is 1. The van der Waals surface area contributed by atoms with Crippen LogP contribution in [0, 0.1) is 0 Å². The molecule has 5 nitrogen and oxygen atoms in total. The Morgan fingerprint density at radius 2 is 1.93 bits per heavy atom. The Balaban J connectivity index is 4.48. The van der Waals surface area contributed by atoms with Gasteiger partial charge in [0.05, 0.1) is 6.61 Å². The molecule has 0 spiro atoms. The topological polar surface area (TPSA) is 69.6 Å². The van der Waals surface area contributed by atoms with Gasteiger partial charge in [0.2, 0.25) is 0 Å². The molecule has 1 atom stereocenters. The first-order valence-corrected chi connectivity index (χ1v) is 6.15. The van der Waals surface area contributed by atoms with Crippen LogP contribution in [0.25, 0.3) is 0 Å². The van der Waals surface area contributed by atoms with E-state index in [0.29, 0.717) is 6.42 Å². The average molecular weight is 224 g/mol. The lowest BCUT2D eigenvalue weighted by Crippen LogP contribution is -2.47. The zero-order valence-electron chi connectivity index (χ0n) is 9.19. The van der Waals surface area contributed by atoms with Crippen LogP contribution < -0.4 is 4.72 Å². The predicted molar refractivity (Wildman–Crippen MR) is 56.1 cm³/mol. The van der Waals surface area contributed by atoms with E-state index in [-0.39, 0.29) is 12.6 Å². The Hall–Kier alpha value is -0.170. The standard InChI is InChI=1S/C8H20N2O3S/c1-5-8(6-11)9-14(12,13)10(4)7(2)3/h7-9,11H,5-6H2,1-4H3. The Morgan fingerprint density at radius 1 is 1.43 bits per heavy atom. The molecule has 0 aliphatic heterocycles. The van der Waals surface area contributed by atoms with E-state index < -0.39 is 16.3 Å². The van der Waals surface area contributed by atoms with Crippen LogP contribution in [0.2, 0.25) is 0 Å². The molecule has 0 radical (unpaired) electrons. The van der Waals surface area contributed by atoms with Crippen molar-refractivity contribution in [3.8, 4) is 0 Å². The maximum atomic E-state index is 11.6. The first kappa shape index (κ1) is 13.8. The van der Waals surface area contributed by atoms with Crippen molar-refractivity contribution in [3.63, 3.8) is 0 Å². The molecule has 0 aromatic carbocycles. The van der Waals surface area contributed by atoms with Crippen molar-refractivity contribution < 1.29 is 13.5 Å². The fourth-order valence-corrected chi connectivity index (χ4v) is 2.20. The first-order valence-electron chi connectivity index (χ1n) is 4.71. The van der Waals surface area contributed by atoms with Crippen LogP contribution in [-0.2, 0) is 10.2 Å². The summed E-state index contributed by atoms with van der Waals surface area (Å²) in [4.78, 5) is 0. The molecule has 14 heavy (non-hydrogen) atoms. The Morgan fingerprint density at radius 3 is 2.21 bits per heavy atom. The third-order valence-electron chi connectivity index (χ3n) is 2.14. The van der Waals surface area contributed by atoms with Gasteiger partial charge in [0.25, 0.3) is 10.2 Å². The number of hydrogen-bond donors (Lipinski definition) is 2. The van der Waals surface area contributed by atoms with Crippen LogP contribution in [0.4, 0.5) is 0 Å². The summed E-state index contributed by atoms with van der Waals surface area (Å²) in [7, 11) is -1.95. The van der Waals surface area contributed by atoms with E-state index >= 15 is 0 Å². The molecule has 0 aromatic rings. The molecule has 0 aliphatic rings. The summed E-state index contributed by atoms with van der Waals surface area (Å²) in [6, 6.07) is -0.495. The fourth-order valence-electron chi connectivity index (χ4n) is 0.821. The van der Waals surface area contributed by atoms with Crippen molar-refractivity contribution >= 4 is 10.2 Å². The van der Waals surface area contributed by atoms with Crippen LogP contribution in [0.15, 0.2) is 0 Å². The van der Waals surface area contributed by atoms with Gasteiger partial charge in [-0.2, -0.15) is 17.4 Å². The van der Waals surface area contributed by atoms with Crippen molar-refractivity contribution in [1.29, 1.82) is 0 Å². The highest BCUT2D eigenvalue weighted by atomic mass is 32.2. The van der Waals surface area contributed by atoms with Crippen molar-refractivity contribution in [2.45, 2.75) is 39.3 Å². The second-order valence-electron chi connectivity index (χ2n) is 3.52. The number of nitrogens with one attached hydrogen (secondary N) is 1. The number of rotatable bonds is 6. The Labute approximate surface area is 86.3 Å². The summed E-state index contributed by atoms with van der Waals surface area (Å²) < 4.78 is 26.9. The minimum absolute atomic E-state index is 0.0938. The minimum Gasteiger partial charge on any atom is -0.395 e. The molecule has 6 heteroatoms. The van der Waals surface area contributed by atoms with E-state index in [9.17, 15) is 8.42 Å². The third kappa shape index (κ3) is 3.91. The quantitative estimate of drug-likeness (QED) is 0.663. The lowest BCUT2D eigenvalue weighted by molar-refractivity contribution is 0.250. The molecule has 1 unspecified atom stereocenters. The van der Waals surface area contributed by atoms with Crippen LogP contribution in [0.3, 0.4) is 0 Å². The molecule has 2 N–H and O–H groups in total. The molecule has 0 aliphatic carbocycles. The van der Waals surface area contributed by atoms with Gasteiger partial charge in [0, 0.05) is 19.1 Å². The highest BCUT2D eigenvalue weighted by Crippen LogP contribution is 2.02. The van der Waals surface area contributed by atoms with E-state index in [1.807, 2.05) is 6.92 Å². The van der Waals surface area contributed by atoms with Gasteiger partial charge in [-0.05, 0) is 20.3 Å². The highest BCUT2D eigenvalue weighted by molar-refractivity contribution is 7.87. The van der Waals surface area contributed by atoms with Gasteiger partial charge in [0.15, 0.2) is 0 Å². The van der Waals surface area contributed by atoms with Crippen LogP contribution >= 0.6 is 0 Å².